The molecule has 3 heterocycles. The molecule has 0 radical (unpaired) electrons. The minimum atomic E-state index is 0.411. The molecule has 0 saturated carbocycles. The van der Waals surface area contributed by atoms with Gasteiger partial charge in [-0.25, -0.2) is 0 Å². The lowest BCUT2D eigenvalue weighted by atomic mass is 9.81. The molecule has 8 aromatic carbocycles. The van der Waals surface area contributed by atoms with Gasteiger partial charge in [-0.15, -0.1) is 11.3 Å². The molecular weight excluding hydrogens is 731 g/mol. The van der Waals surface area contributed by atoms with Crippen LogP contribution in [0.1, 0.15) is 65.0 Å². The molecule has 2 aromatic heterocycles. The second kappa shape index (κ2) is 13.0. The molecule has 1 unspecified atom stereocenters. The molecule has 1 aliphatic heterocycles. The van der Waals surface area contributed by atoms with Crippen molar-refractivity contribution in [3.8, 4) is 16.8 Å². The molecule has 0 fully saturated rings. The summed E-state index contributed by atoms with van der Waals surface area (Å²) in [5, 5.41) is 7.98. The van der Waals surface area contributed by atoms with E-state index in [1.807, 2.05) is 11.3 Å². The van der Waals surface area contributed by atoms with Gasteiger partial charge in [0.05, 0.1) is 16.7 Å². The highest BCUT2D eigenvalue weighted by Gasteiger charge is 2.31. The third-order valence-electron chi connectivity index (χ3n) is 13.8. The number of thiophene rings is 1. The van der Waals surface area contributed by atoms with Crippen LogP contribution in [0.15, 0.2) is 175 Å². The van der Waals surface area contributed by atoms with Gasteiger partial charge in [0.2, 0.25) is 0 Å². The van der Waals surface area contributed by atoms with Gasteiger partial charge in [-0.05, 0) is 153 Å². The molecule has 1 nitrogen and oxygen atoms in total. The lowest BCUT2D eigenvalue weighted by Gasteiger charge is -2.24. The molecule has 1 atom stereocenters. The highest BCUT2D eigenvalue weighted by Crippen LogP contribution is 2.51. The molecular formula is C57H41NS. The number of fused-ring (bicyclic) bond motifs is 16. The molecule has 13 rings (SSSR count). The van der Waals surface area contributed by atoms with Crippen LogP contribution in [0.25, 0.3) is 80.7 Å². The minimum Gasteiger partial charge on any atom is -0.309 e. The van der Waals surface area contributed by atoms with Gasteiger partial charge in [0.15, 0.2) is 0 Å². The molecule has 0 amide bonds. The molecule has 3 aliphatic rings. The van der Waals surface area contributed by atoms with Crippen molar-refractivity contribution in [2.75, 3.05) is 0 Å². The maximum Gasteiger partial charge on any atom is 0.0547 e. The predicted octanol–water partition coefficient (Wildman–Crippen LogP) is 15.6. The van der Waals surface area contributed by atoms with E-state index < -0.39 is 0 Å². The first kappa shape index (κ1) is 33.5. The van der Waals surface area contributed by atoms with Crippen molar-refractivity contribution in [1.82, 2.24) is 4.57 Å². The maximum absolute atomic E-state index is 2.69. The molecule has 280 valence electrons. The van der Waals surface area contributed by atoms with Crippen LogP contribution < -0.4 is 0 Å². The third-order valence-corrected chi connectivity index (χ3v) is 14.9. The van der Waals surface area contributed by atoms with Gasteiger partial charge in [-0.3, -0.25) is 0 Å². The Bertz CT molecular complexity index is 3440. The molecule has 0 saturated heterocycles. The van der Waals surface area contributed by atoms with E-state index in [0.29, 0.717) is 5.92 Å². The zero-order valence-corrected chi connectivity index (χ0v) is 33.7. The Balaban J connectivity index is 1.12. The fourth-order valence-corrected chi connectivity index (χ4v) is 12.1. The van der Waals surface area contributed by atoms with Crippen molar-refractivity contribution in [2.24, 2.45) is 0 Å². The van der Waals surface area contributed by atoms with E-state index in [1.54, 1.807) is 0 Å². The highest BCUT2D eigenvalue weighted by molar-refractivity contribution is 7.25. The fourth-order valence-electron chi connectivity index (χ4n) is 11.0. The van der Waals surface area contributed by atoms with Crippen molar-refractivity contribution in [1.29, 1.82) is 0 Å². The van der Waals surface area contributed by atoms with E-state index in [-0.39, 0.29) is 0 Å². The summed E-state index contributed by atoms with van der Waals surface area (Å²) in [7, 11) is 0. The minimum absolute atomic E-state index is 0.411. The molecule has 59 heavy (non-hydrogen) atoms. The summed E-state index contributed by atoms with van der Waals surface area (Å²) in [6, 6.07) is 62.8. The van der Waals surface area contributed by atoms with E-state index in [1.165, 1.54) is 120 Å². The second-order valence-electron chi connectivity index (χ2n) is 17.0. The normalized spacial score (nSPS) is 18.4. The number of nitrogens with zero attached hydrogens (tertiary/aromatic N) is 1. The van der Waals surface area contributed by atoms with E-state index >= 15 is 0 Å². The van der Waals surface area contributed by atoms with Gasteiger partial charge in [0.1, 0.15) is 0 Å². The number of rotatable bonds is 2. The summed E-state index contributed by atoms with van der Waals surface area (Å²) < 4.78 is 5.38. The van der Waals surface area contributed by atoms with Gasteiger partial charge >= 0.3 is 0 Å². The van der Waals surface area contributed by atoms with Gasteiger partial charge in [-0.2, -0.15) is 0 Å². The quantitative estimate of drug-likeness (QED) is 0.165. The lowest BCUT2D eigenvalue weighted by molar-refractivity contribution is 0.607. The van der Waals surface area contributed by atoms with E-state index in [0.717, 1.165) is 38.5 Å². The van der Waals surface area contributed by atoms with Crippen LogP contribution in [-0.2, 0) is 12.8 Å². The number of hydrogen-bond acceptors (Lipinski definition) is 1. The Kier molecular flexibility index (Phi) is 7.39. The fraction of sp³-hybridized carbons (Fsp3) is 0.123. The molecule has 2 bridgehead atoms. The molecule has 2 heteroatoms. The van der Waals surface area contributed by atoms with Crippen molar-refractivity contribution in [3.05, 3.63) is 209 Å². The number of hydrogen-bond donors (Lipinski definition) is 0. The van der Waals surface area contributed by atoms with Crippen molar-refractivity contribution in [2.45, 2.75) is 44.4 Å². The standard InChI is InChI=1S/C57H41NS/c1-2-11-37(12-3-1)43-19-10-16-36(40-24-28-55-50(33-40)46-18-8-9-20-54(46)59-55)22-26-47-48(43)29-35-21-25-45-49-32-38-13-4-5-14-39(38)34-53(49)58(52(45)30-35)51-27-23-42-31-41-15-6-7-17-44(41)56(42)57(47)51/h1-9,11-15,17-18,20-21,23-28,30,32-34,36H,10,16,19,22,29,31H2/b47-26-,48-43+. The summed E-state index contributed by atoms with van der Waals surface area (Å²) >= 11 is 1.92. The van der Waals surface area contributed by atoms with Gasteiger partial charge in [-0.1, -0.05) is 127 Å². The summed E-state index contributed by atoms with van der Waals surface area (Å²) in [4.78, 5) is 0. The first-order chi connectivity index (χ1) is 29.2. The van der Waals surface area contributed by atoms with E-state index in [9.17, 15) is 0 Å². The third kappa shape index (κ3) is 5.16. The Hall–Kier alpha value is -6.48. The SMILES string of the molecule is C1=C2/C(=C(/c3ccccc3)CCCC(c3ccc4sc5ccccc5c4c3)C/1)Cc1ccc3c4cc5ccccc5cc4n(c3c1)-c1ccc3c(c12)-c1ccccc1C3. The Morgan fingerprint density at radius 3 is 2.25 bits per heavy atom. The van der Waals surface area contributed by atoms with Crippen LogP contribution in [0.5, 0.6) is 0 Å². The summed E-state index contributed by atoms with van der Waals surface area (Å²) in [6.07, 6.45) is 8.86. The smallest absolute Gasteiger partial charge is 0.0547 e. The molecule has 2 aliphatic carbocycles. The van der Waals surface area contributed by atoms with Crippen LogP contribution in [0.3, 0.4) is 0 Å². The van der Waals surface area contributed by atoms with Crippen LogP contribution >= 0.6 is 11.3 Å². The number of aromatic nitrogens is 1. The Labute approximate surface area is 348 Å². The monoisotopic (exact) mass is 771 g/mol. The summed E-state index contributed by atoms with van der Waals surface area (Å²) in [5.74, 6) is 0.411. The zero-order chi connectivity index (χ0) is 38.6. The average Bonchev–Trinajstić information content (AvgIpc) is 3.96. The van der Waals surface area contributed by atoms with Crippen LogP contribution in [0.4, 0.5) is 0 Å². The van der Waals surface area contributed by atoms with Crippen molar-refractivity contribution < 1.29 is 0 Å². The predicted molar refractivity (Wildman–Crippen MR) is 252 cm³/mol. The lowest BCUT2D eigenvalue weighted by Crippen LogP contribution is -2.06. The van der Waals surface area contributed by atoms with Gasteiger partial charge in [0, 0.05) is 36.5 Å². The first-order valence-corrected chi connectivity index (χ1v) is 22.1. The molecule has 0 N–H and O–H groups in total. The second-order valence-corrected chi connectivity index (χ2v) is 18.1. The van der Waals surface area contributed by atoms with Crippen LogP contribution in [0, 0.1) is 0 Å². The highest BCUT2D eigenvalue weighted by atomic mass is 32.1. The molecule has 10 aromatic rings. The summed E-state index contributed by atoms with van der Waals surface area (Å²) in [5.41, 5.74) is 19.5. The van der Waals surface area contributed by atoms with Gasteiger partial charge in [0.25, 0.3) is 0 Å². The first-order valence-electron chi connectivity index (χ1n) is 21.3. The number of allylic oxidation sites excluding steroid dienone is 4. The summed E-state index contributed by atoms with van der Waals surface area (Å²) in [6.45, 7) is 0. The van der Waals surface area contributed by atoms with Crippen LogP contribution in [0.2, 0.25) is 0 Å². The van der Waals surface area contributed by atoms with Crippen LogP contribution in [-0.4, -0.2) is 4.57 Å². The van der Waals surface area contributed by atoms with Crippen molar-refractivity contribution >= 4 is 75.2 Å². The maximum atomic E-state index is 2.69. The average molecular weight is 772 g/mol. The Morgan fingerprint density at radius 1 is 0.525 bits per heavy atom. The van der Waals surface area contributed by atoms with Crippen molar-refractivity contribution in [3.63, 3.8) is 0 Å². The zero-order valence-electron chi connectivity index (χ0n) is 32.8. The van der Waals surface area contributed by atoms with E-state index in [2.05, 4.69) is 174 Å². The largest absolute Gasteiger partial charge is 0.309 e. The topological polar surface area (TPSA) is 4.93 Å². The Morgan fingerprint density at radius 2 is 1.32 bits per heavy atom. The van der Waals surface area contributed by atoms with E-state index in [4.69, 9.17) is 0 Å². The molecule has 0 spiro atoms. The van der Waals surface area contributed by atoms with Gasteiger partial charge < -0.3 is 4.57 Å². The number of benzene rings is 8.